The summed E-state index contributed by atoms with van der Waals surface area (Å²) >= 11 is 1.58. The number of hydrogen-bond acceptors (Lipinski definition) is 3. The maximum absolute atomic E-state index is 12.5. The van der Waals surface area contributed by atoms with Gasteiger partial charge in [0.25, 0.3) is 5.91 Å². The van der Waals surface area contributed by atoms with E-state index in [4.69, 9.17) is 0 Å². The topological polar surface area (TPSA) is 38.1 Å². The Morgan fingerprint density at radius 1 is 1.19 bits per heavy atom. The Bertz CT molecular complexity index is 878. The molecule has 0 spiro atoms. The van der Waals surface area contributed by atoms with Crippen molar-refractivity contribution in [3.63, 3.8) is 0 Å². The molecule has 0 atom stereocenters. The fraction of sp³-hybridized carbons (Fsp3) is 0.364. The summed E-state index contributed by atoms with van der Waals surface area (Å²) in [4.78, 5) is 19.2. The van der Waals surface area contributed by atoms with Gasteiger partial charge >= 0.3 is 0 Å². The number of thiophene rings is 1. The number of aromatic nitrogens is 2. The van der Waals surface area contributed by atoms with Crippen molar-refractivity contribution < 1.29 is 4.79 Å². The summed E-state index contributed by atoms with van der Waals surface area (Å²) in [6.45, 7) is 4.69. The molecule has 1 aliphatic rings. The molecule has 0 radical (unpaired) electrons. The molecule has 1 aromatic carbocycles. The molecule has 27 heavy (non-hydrogen) atoms. The lowest BCUT2D eigenvalue weighted by Crippen LogP contribution is -2.38. The Labute approximate surface area is 164 Å². The minimum absolute atomic E-state index is 0.177. The Kier molecular flexibility index (Phi) is 5.39. The van der Waals surface area contributed by atoms with E-state index in [9.17, 15) is 4.79 Å². The number of imidazole rings is 1. The predicted molar refractivity (Wildman–Crippen MR) is 109 cm³/mol. The molecule has 1 saturated heterocycles. The van der Waals surface area contributed by atoms with E-state index in [0.717, 1.165) is 44.5 Å². The van der Waals surface area contributed by atoms with Crippen LogP contribution in [0.3, 0.4) is 0 Å². The third-order valence-corrected chi connectivity index (χ3v) is 6.15. The maximum Gasteiger partial charge on any atom is 0.254 e. The molecule has 0 N–H and O–H groups in total. The zero-order chi connectivity index (χ0) is 18.6. The minimum Gasteiger partial charge on any atom is -0.339 e. The largest absolute Gasteiger partial charge is 0.339 e. The van der Waals surface area contributed by atoms with Gasteiger partial charge in [0.1, 0.15) is 5.82 Å². The van der Waals surface area contributed by atoms with Gasteiger partial charge in [0.2, 0.25) is 0 Å². The van der Waals surface area contributed by atoms with Crippen LogP contribution in [0.4, 0.5) is 0 Å². The molecule has 1 fully saturated rings. The summed E-state index contributed by atoms with van der Waals surface area (Å²) in [5.41, 5.74) is 3.34. The van der Waals surface area contributed by atoms with Crippen LogP contribution >= 0.6 is 11.3 Å². The Morgan fingerprint density at radius 3 is 2.67 bits per heavy atom. The second-order valence-corrected chi connectivity index (χ2v) is 8.12. The Hall–Kier alpha value is -2.40. The van der Waals surface area contributed by atoms with Crippen LogP contribution in [0, 0.1) is 12.8 Å². The highest BCUT2D eigenvalue weighted by molar-refractivity contribution is 7.08. The number of carbonyl (C=O) groups excluding carboxylic acids is 1. The third kappa shape index (κ3) is 4.14. The van der Waals surface area contributed by atoms with E-state index >= 15 is 0 Å². The fourth-order valence-electron chi connectivity index (χ4n) is 3.82. The summed E-state index contributed by atoms with van der Waals surface area (Å²) in [5, 5.41) is 3.91. The highest BCUT2D eigenvalue weighted by atomic mass is 32.1. The zero-order valence-corrected chi connectivity index (χ0v) is 16.5. The standard InChI is InChI=1S/C22H25N3OS/c1-17-14-23-21(25(17)15-19-5-3-2-4-6-19)13-18-7-10-24(11-8-18)22(26)20-9-12-27-16-20/h2-6,9,12,14,16,18H,7-8,10-11,13,15H2,1H3. The molecular formula is C22H25N3OS. The average Bonchev–Trinajstić information content (AvgIpc) is 3.35. The molecule has 3 aromatic rings. The van der Waals surface area contributed by atoms with Crippen LogP contribution in [0.1, 0.15) is 40.3 Å². The van der Waals surface area contributed by atoms with Crippen molar-refractivity contribution >= 4 is 17.2 Å². The van der Waals surface area contributed by atoms with Gasteiger partial charge in [-0.25, -0.2) is 4.98 Å². The number of likely N-dealkylation sites (tertiary alicyclic amines) is 1. The van der Waals surface area contributed by atoms with Crippen molar-refractivity contribution in [3.8, 4) is 0 Å². The number of carbonyl (C=O) groups is 1. The molecule has 3 heterocycles. The van der Waals surface area contributed by atoms with E-state index in [2.05, 4.69) is 46.8 Å². The van der Waals surface area contributed by atoms with Crippen molar-refractivity contribution in [1.29, 1.82) is 0 Å². The Balaban J connectivity index is 1.38. The number of benzene rings is 1. The van der Waals surface area contributed by atoms with Crippen LogP contribution in [-0.4, -0.2) is 33.4 Å². The molecule has 1 amide bonds. The van der Waals surface area contributed by atoms with Gasteiger partial charge in [-0.1, -0.05) is 30.3 Å². The predicted octanol–water partition coefficient (Wildman–Crippen LogP) is 4.40. The second-order valence-electron chi connectivity index (χ2n) is 7.34. The van der Waals surface area contributed by atoms with Crippen LogP contribution in [0.5, 0.6) is 0 Å². The highest BCUT2D eigenvalue weighted by Crippen LogP contribution is 2.24. The van der Waals surface area contributed by atoms with E-state index in [1.165, 1.54) is 17.1 Å². The zero-order valence-electron chi connectivity index (χ0n) is 15.7. The quantitative estimate of drug-likeness (QED) is 0.659. The summed E-state index contributed by atoms with van der Waals surface area (Å²) in [6.07, 6.45) is 5.06. The number of nitrogens with zero attached hydrogens (tertiary/aromatic N) is 3. The molecule has 4 nitrogen and oxygen atoms in total. The number of piperidine rings is 1. The van der Waals surface area contributed by atoms with Gasteiger partial charge in [0.05, 0.1) is 5.56 Å². The van der Waals surface area contributed by atoms with E-state index in [1.807, 2.05) is 27.9 Å². The first-order valence-electron chi connectivity index (χ1n) is 9.57. The van der Waals surface area contributed by atoms with E-state index in [-0.39, 0.29) is 5.91 Å². The molecule has 1 aliphatic heterocycles. The van der Waals surface area contributed by atoms with Crippen LogP contribution in [-0.2, 0) is 13.0 Å². The number of amides is 1. The van der Waals surface area contributed by atoms with Crippen molar-refractivity contribution in [2.75, 3.05) is 13.1 Å². The van der Waals surface area contributed by atoms with Gasteiger partial charge in [0.15, 0.2) is 0 Å². The Morgan fingerprint density at radius 2 is 1.96 bits per heavy atom. The van der Waals surface area contributed by atoms with Gasteiger partial charge < -0.3 is 9.47 Å². The minimum atomic E-state index is 0.177. The van der Waals surface area contributed by atoms with Gasteiger partial charge in [0, 0.05) is 43.3 Å². The van der Waals surface area contributed by atoms with Gasteiger partial charge in [-0.3, -0.25) is 4.79 Å². The average molecular weight is 380 g/mol. The SMILES string of the molecule is Cc1cnc(CC2CCN(C(=O)c3ccsc3)CC2)n1Cc1ccccc1. The van der Waals surface area contributed by atoms with E-state index in [0.29, 0.717) is 5.92 Å². The number of aryl methyl sites for hydroxylation is 1. The second kappa shape index (κ2) is 8.09. The molecule has 0 unspecified atom stereocenters. The number of hydrogen-bond donors (Lipinski definition) is 0. The summed E-state index contributed by atoms with van der Waals surface area (Å²) in [5.74, 6) is 1.93. The van der Waals surface area contributed by atoms with Gasteiger partial charge in [-0.05, 0) is 42.7 Å². The first-order chi connectivity index (χ1) is 13.2. The summed E-state index contributed by atoms with van der Waals surface area (Å²) in [7, 11) is 0. The fourth-order valence-corrected chi connectivity index (χ4v) is 4.45. The monoisotopic (exact) mass is 379 g/mol. The summed E-state index contributed by atoms with van der Waals surface area (Å²) < 4.78 is 2.33. The number of rotatable bonds is 5. The first kappa shape index (κ1) is 18.0. The lowest BCUT2D eigenvalue weighted by Gasteiger charge is -2.32. The molecule has 140 valence electrons. The van der Waals surface area contributed by atoms with Crippen molar-refractivity contribution in [1.82, 2.24) is 14.5 Å². The third-order valence-electron chi connectivity index (χ3n) is 5.46. The molecule has 2 aromatic heterocycles. The van der Waals surface area contributed by atoms with Crippen LogP contribution in [0.2, 0.25) is 0 Å². The van der Waals surface area contributed by atoms with Crippen molar-refractivity contribution in [3.05, 3.63) is 76.0 Å². The molecule has 4 rings (SSSR count). The smallest absolute Gasteiger partial charge is 0.254 e. The lowest BCUT2D eigenvalue weighted by atomic mass is 9.93. The van der Waals surface area contributed by atoms with Crippen molar-refractivity contribution in [2.45, 2.75) is 32.7 Å². The molecule has 5 heteroatoms. The molecular weight excluding hydrogens is 354 g/mol. The van der Waals surface area contributed by atoms with Crippen LogP contribution in [0.25, 0.3) is 0 Å². The lowest BCUT2D eigenvalue weighted by molar-refractivity contribution is 0.0690. The highest BCUT2D eigenvalue weighted by Gasteiger charge is 2.25. The van der Waals surface area contributed by atoms with Gasteiger partial charge in [-0.15, -0.1) is 0 Å². The maximum atomic E-state index is 12.5. The molecule has 0 aliphatic carbocycles. The van der Waals surface area contributed by atoms with Crippen LogP contribution < -0.4 is 0 Å². The van der Waals surface area contributed by atoms with E-state index < -0.39 is 0 Å². The summed E-state index contributed by atoms with van der Waals surface area (Å²) in [6, 6.07) is 12.5. The van der Waals surface area contributed by atoms with Gasteiger partial charge in [-0.2, -0.15) is 11.3 Å². The normalized spacial score (nSPS) is 15.2. The molecule has 0 saturated carbocycles. The first-order valence-corrected chi connectivity index (χ1v) is 10.5. The van der Waals surface area contributed by atoms with E-state index in [1.54, 1.807) is 11.3 Å². The molecule has 0 bridgehead atoms. The van der Waals surface area contributed by atoms with Crippen molar-refractivity contribution in [2.24, 2.45) is 5.92 Å². The van der Waals surface area contributed by atoms with Crippen LogP contribution in [0.15, 0.2) is 53.4 Å².